The van der Waals surface area contributed by atoms with Crippen molar-refractivity contribution in [3.63, 3.8) is 0 Å². The molecule has 3 fully saturated rings. The molecule has 0 spiro atoms. The van der Waals surface area contributed by atoms with Gasteiger partial charge in [0.15, 0.2) is 23.4 Å². The molecule has 69 heavy (non-hydrogen) atoms. The number of Topliss-reactive ketones (excluding diaryl/α,β-unsaturated/α-hetero) is 1. The number of carbonyl (C=O) groups is 4. The smallest absolute Gasteiger partial charge is 0.425 e. The van der Waals surface area contributed by atoms with Crippen LogP contribution < -0.4 is 10.7 Å². The number of aromatic nitrogens is 5. The fourth-order valence-corrected chi connectivity index (χ4v) is 10.7. The number of pyridine rings is 1. The lowest BCUT2D eigenvalue weighted by Gasteiger charge is -2.48. The number of ether oxygens (including phenoxy) is 6. The molecule has 0 aliphatic carbocycles. The van der Waals surface area contributed by atoms with Crippen LogP contribution in [-0.2, 0) is 55.8 Å². The van der Waals surface area contributed by atoms with E-state index in [4.69, 9.17) is 28.4 Å². The lowest BCUT2D eigenvalue weighted by molar-refractivity contribution is -0.302. The van der Waals surface area contributed by atoms with E-state index in [1.54, 1.807) is 85.5 Å². The molecule has 20 nitrogen and oxygen atoms in total. The largest absolute Gasteiger partial charge is 0.461 e. The van der Waals surface area contributed by atoms with Crippen LogP contribution in [0.25, 0.3) is 11.2 Å². The topological polar surface area (TPSA) is 231 Å². The average molecular weight is 964 g/mol. The van der Waals surface area contributed by atoms with Crippen molar-refractivity contribution < 1.29 is 52.7 Å². The number of amides is 1. The van der Waals surface area contributed by atoms with E-state index in [2.05, 4.69) is 37.3 Å². The van der Waals surface area contributed by atoms with Crippen LogP contribution in [-0.4, -0.2) is 158 Å². The zero-order valence-electron chi connectivity index (χ0n) is 42.0. The number of ketones is 1. The van der Waals surface area contributed by atoms with Gasteiger partial charge >= 0.3 is 18.0 Å². The van der Waals surface area contributed by atoms with Gasteiger partial charge in [0.05, 0.1) is 36.5 Å². The first-order valence-corrected chi connectivity index (χ1v) is 24.1. The van der Waals surface area contributed by atoms with Crippen molar-refractivity contribution in [2.75, 3.05) is 39.6 Å². The van der Waals surface area contributed by atoms with Crippen LogP contribution in [0.4, 0.5) is 10.6 Å². The lowest BCUT2D eigenvalue weighted by atomic mass is 9.73. The Morgan fingerprint density at radius 1 is 1.12 bits per heavy atom. The average Bonchev–Trinajstić information content (AvgIpc) is 3.86. The normalized spacial score (nSPS) is 33.6. The van der Waals surface area contributed by atoms with Gasteiger partial charge in [-0.05, 0) is 72.1 Å². The number of hydrogen-bond donors (Lipinski definition) is 3. The molecular formula is C49H73N9O11. The maximum atomic E-state index is 15.1. The van der Waals surface area contributed by atoms with Crippen molar-refractivity contribution in [1.82, 2.24) is 39.8 Å². The zero-order valence-corrected chi connectivity index (χ0v) is 42.0. The van der Waals surface area contributed by atoms with Gasteiger partial charge in [-0.15, -0.1) is 6.58 Å². The van der Waals surface area contributed by atoms with Crippen LogP contribution in [0.2, 0.25) is 0 Å². The molecule has 6 heterocycles. The third-order valence-corrected chi connectivity index (χ3v) is 14.4. The second kappa shape index (κ2) is 22.7. The number of nitrogens with one attached hydrogen (secondary N) is 2. The molecule has 0 radical (unpaired) electrons. The molecule has 0 unspecified atom stereocenters. The number of anilines is 1. The molecule has 3 aromatic heterocycles. The van der Waals surface area contributed by atoms with Gasteiger partial charge in [-0.2, -0.15) is 0 Å². The highest BCUT2D eigenvalue weighted by molar-refractivity contribution is 5.85. The summed E-state index contributed by atoms with van der Waals surface area (Å²) in [4.78, 5) is 77.1. The van der Waals surface area contributed by atoms with E-state index in [0.717, 1.165) is 0 Å². The second-order valence-electron chi connectivity index (χ2n) is 19.4. The number of carbonyl (C=O) groups excluding carboxylic acids is 4. The third kappa shape index (κ3) is 11.4. The van der Waals surface area contributed by atoms with Crippen molar-refractivity contribution in [1.29, 1.82) is 0 Å². The van der Waals surface area contributed by atoms with Crippen LogP contribution in [0.5, 0.6) is 0 Å². The Kier molecular flexibility index (Phi) is 17.6. The van der Waals surface area contributed by atoms with E-state index < -0.39 is 89.7 Å². The molecule has 20 heteroatoms. The van der Waals surface area contributed by atoms with Crippen LogP contribution in [0.15, 0.2) is 49.8 Å². The summed E-state index contributed by atoms with van der Waals surface area (Å²) in [6, 6.07) is 2.13. The second-order valence-corrected chi connectivity index (χ2v) is 19.4. The Morgan fingerprint density at radius 3 is 2.54 bits per heavy atom. The summed E-state index contributed by atoms with van der Waals surface area (Å²) in [6.07, 6.45) is 2.53. The minimum Gasteiger partial charge on any atom is -0.461 e. The third-order valence-electron chi connectivity index (χ3n) is 14.4. The number of aliphatic hydroxyl groups excluding tert-OH is 1. The van der Waals surface area contributed by atoms with E-state index in [1.165, 1.54) is 18.4 Å². The van der Waals surface area contributed by atoms with Gasteiger partial charge in [-0.3, -0.25) is 24.3 Å². The van der Waals surface area contributed by atoms with E-state index in [0.29, 0.717) is 48.5 Å². The first-order chi connectivity index (χ1) is 32.8. The molecule has 380 valence electrons. The highest BCUT2D eigenvalue weighted by atomic mass is 16.7. The number of imidazole rings is 1. The Labute approximate surface area is 405 Å². The van der Waals surface area contributed by atoms with Crippen molar-refractivity contribution in [2.24, 2.45) is 23.7 Å². The molecule has 14 atom stereocenters. The summed E-state index contributed by atoms with van der Waals surface area (Å²) in [5, 5.41) is 16.3. The molecular weight excluding hydrogens is 891 g/mol. The van der Waals surface area contributed by atoms with Crippen LogP contribution in [0, 0.1) is 23.7 Å². The molecule has 3 N–H and O–H groups in total. The Morgan fingerprint density at radius 2 is 1.87 bits per heavy atom. The van der Waals surface area contributed by atoms with Gasteiger partial charge in [-0.25, -0.2) is 30.2 Å². The monoisotopic (exact) mass is 964 g/mol. The SMILES string of the molecule is C=CCN(C)[C@@H]1C[C@H](C)O[C@H](O[C@@H]2[C@@H](C)[C@H](OC(=O)Cc3cccnc3)[C@@H](C)C(=O)O[C@H](CC)[C@@]3(C)OC(=O)N(NCCCn4cnc5c(NC)ncnc54)[C@@H]3[C@@H](C)C(=O)[C@H](C)C[C@@]2(C)OC)[C@H]1O. The summed E-state index contributed by atoms with van der Waals surface area (Å²) >= 11 is 0. The predicted molar refractivity (Wildman–Crippen MR) is 254 cm³/mol. The van der Waals surface area contributed by atoms with Gasteiger partial charge in [0.25, 0.3) is 0 Å². The van der Waals surface area contributed by atoms with Gasteiger partial charge in [0.1, 0.15) is 42.0 Å². The first kappa shape index (κ1) is 53.2. The number of hydrazine groups is 1. The number of aryl methyl sites for hydroxylation is 1. The summed E-state index contributed by atoms with van der Waals surface area (Å²) < 4.78 is 40.5. The molecule has 0 bridgehead atoms. The van der Waals surface area contributed by atoms with Crippen molar-refractivity contribution in [3.8, 4) is 0 Å². The summed E-state index contributed by atoms with van der Waals surface area (Å²) in [5.74, 6) is -4.53. The predicted octanol–water partition coefficient (Wildman–Crippen LogP) is 4.50. The number of aliphatic hydroxyl groups is 1. The summed E-state index contributed by atoms with van der Waals surface area (Å²) in [5.41, 5.74) is 2.26. The molecule has 3 saturated heterocycles. The first-order valence-electron chi connectivity index (χ1n) is 24.1. The van der Waals surface area contributed by atoms with E-state index in [-0.39, 0.29) is 43.7 Å². The number of rotatable bonds is 16. The van der Waals surface area contributed by atoms with E-state index in [9.17, 15) is 19.5 Å². The Balaban J connectivity index is 1.37. The maximum absolute atomic E-state index is 15.1. The summed E-state index contributed by atoms with van der Waals surface area (Å²) in [6.45, 7) is 19.3. The standard InChI is InChI=1S/C49H73N9O11/c1-13-20-56(11)34-22-29(4)65-46(39(34)61)68-42-31(6)40(67-36(59)23-33-17-15-18-51-25-33)32(7)45(62)66-35(14-2)49(9)41(30(5)38(60)28(3)24-48(42,8)64-12)58(47(63)69-49)55-19-16-21-57-27-54-37-43(50-10)52-26-53-44(37)57/h13,15,17-18,25-32,34-35,39-42,46,55,61H,1,14,16,19-24H2,2-12H3,(H,50,52,53)/t28-,29+,30+,31+,32-,34-,35-,39+,40+,41-,42-,46-,48-,49-/m1/s1. The number of hydrogen-bond acceptors (Lipinski definition) is 18. The molecule has 1 amide bonds. The fraction of sp³-hybridized carbons (Fsp3) is 0.673. The number of methoxy groups -OCH3 is 1. The molecule has 0 aromatic carbocycles. The number of cyclic esters (lactones) is 1. The minimum atomic E-state index is -1.52. The van der Waals surface area contributed by atoms with Crippen LogP contribution in [0.1, 0.15) is 86.6 Å². The number of nitrogens with zero attached hydrogens (tertiary/aromatic N) is 7. The molecule has 3 aromatic rings. The van der Waals surface area contributed by atoms with Crippen molar-refractivity contribution >= 4 is 40.8 Å². The molecule has 0 saturated carbocycles. The number of esters is 2. The van der Waals surface area contributed by atoms with Gasteiger partial charge in [-0.1, -0.05) is 39.8 Å². The lowest BCUT2D eigenvalue weighted by Crippen LogP contribution is -2.62. The van der Waals surface area contributed by atoms with Gasteiger partial charge in [0, 0.05) is 70.0 Å². The fourth-order valence-electron chi connectivity index (χ4n) is 10.7. The van der Waals surface area contributed by atoms with E-state index >= 15 is 4.79 Å². The van der Waals surface area contributed by atoms with Gasteiger partial charge < -0.3 is 43.4 Å². The molecule has 3 aliphatic rings. The van der Waals surface area contributed by atoms with E-state index in [1.807, 2.05) is 30.4 Å². The highest BCUT2D eigenvalue weighted by Crippen LogP contribution is 2.43. The minimum absolute atomic E-state index is 0.0789. The quantitative estimate of drug-likeness (QED) is 0.0776. The number of fused-ring (bicyclic) bond motifs is 2. The Bertz CT molecular complexity index is 2250. The van der Waals surface area contributed by atoms with Crippen molar-refractivity contribution in [3.05, 3.63) is 55.4 Å². The number of likely N-dealkylation sites (N-methyl/N-ethyl adjacent to an activating group) is 1. The maximum Gasteiger partial charge on any atom is 0.425 e. The summed E-state index contributed by atoms with van der Waals surface area (Å²) in [7, 11) is 5.16. The van der Waals surface area contributed by atoms with Crippen molar-refractivity contribution in [2.45, 2.75) is 154 Å². The molecule has 6 rings (SSSR count). The van der Waals surface area contributed by atoms with Crippen LogP contribution in [0.3, 0.4) is 0 Å². The molecule has 3 aliphatic heterocycles. The van der Waals surface area contributed by atoms with Gasteiger partial charge in [0.2, 0.25) is 0 Å². The zero-order chi connectivity index (χ0) is 50.4. The Hall–Kier alpha value is -5.12. The van der Waals surface area contributed by atoms with Crippen LogP contribution >= 0.6 is 0 Å². The highest BCUT2D eigenvalue weighted by Gasteiger charge is 2.61.